The van der Waals surface area contributed by atoms with E-state index in [-0.39, 0.29) is 11.4 Å². The minimum absolute atomic E-state index is 0.212. The summed E-state index contributed by atoms with van der Waals surface area (Å²) in [5.41, 5.74) is 0. The van der Waals surface area contributed by atoms with E-state index in [2.05, 4.69) is 4.72 Å². The van der Waals surface area contributed by atoms with E-state index in [0.717, 1.165) is 0 Å². The molecule has 0 amide bonds. The second-order valence-electron chi connectivity index (χ2n) is 4.88. The molecule has 0 spiro atoms. The molecular formula is C14H21NO5S. The molecule has 1 aromatic carbocycles. The molecule has 0 unspecified atom stereocenters. The lowest BCUT2D eigenvalue weighted by Gasteiger charge is -2.22. The maximum Gasteiger partial charge on any atom is 0.240 e. The molecule has 1 heterocycles. The van der Waals surface area contributed by atoms with Crippen molar-refractivity contribution in [2.75, 3.05) is 26.4 Å². The van der Waals surface area contributed by atoms with Crippen molar-refractivity contribution >= 4 is 10.0 Å². The molecule has 2 rings (SSSR count). The first kappa shape index (κ1) is 16.2. The van der Waals surface area contributed by atoms with Crippen LogP contribution in [-0.4, -0.2) is 40.6 Å². The zero-order chi connectivity index (χ0) is 15.3. The van der Waals surface area contributed by atoms with Gasteiger partial charge < -0.3 is 14.2 Å². The molecule has 0 aromatic heterocycles. The van der Waals surface area contributed by atoms with E-state index in [1.54, 1.807) is 12.1 Å². The van der Waals surface area contributed by atoms with Gasteiger partial charge in [0.25, 0.3) is 0 Å². The first-order valence-corrected chi connectivity index (χ1v) is 8.44. The summed E-state index contributed by atoms with van der Waals surface area (Å²) in [5, 5.41) is 0. The molecule has 118 valence electrons. The Morgan fingerprint density at radius 3 is 2.43 bits per heavy atom. The van der Waals surface area contributed by atoms with E-state index in [9.17, 15) is 8.42 Å². The lowest BCUT2D eigenvalue weighted by molar-refractivity contribution is -0.145. The smallest absolute Gasteiger partial charge is 0.240 e. The van der Waals surface area contributed by atoms with Crippen molar-refractivity contribution in [3.8, 4) is 5.75 Å². The lowest BCUT2D eigenvalue weighted by atomic mass is 10.2. The van der Waals surface area contributed by atoms with Gasteiger partial charge in [-0.1, -0.05) is 0 Å². The molecule has 7 heteroatoms. The van der Waals surface area contributed by atoms with Crippen LogP contribution < -0.4 is 9.46 Å². The molecule has 21 heavy (non-hydrogen) atoms. The third kappa shape index (κ3) is 4.41. The van der Waals surface area contributed by atoms with Crippen LogP contribution in [0.15, 0.2) is 29.2 Å². The number of hydrogen-bond donors (Lipinski definition) is 1. The van der Waals surface area contributed by atoms with Crippen molar-refractivity contribution < 1.29 is 22.6 Å². The zero-order valence-electron chi connectivity index (χ0n) is 12.3. The van der Waals surface area contributed by atoms with Gasteiger partial charge in [-0.2, -0.15) is 0 Å². The topological polar surface area (TPSA) is 73.9 Å². The van der Waals surface area contributed by atoms with Crippen LogP contribution in [0.1, 0.15) is 20.3 Å². The fraction of sp³-hybridized carbons (Fsp3) is 0.571. The molecule has 1 aromatic rings. The Hall–Kier alpha value is -1.15. The molecule has 0 saturated carbocycles. The minimum Gasteiger partial charge on any atom is -0.494 e. The Labute approximate surface area is 125 Å². The second kappa shape index (κ2) is 6.74. The van der Waals surface area contributed by atoms with Crippen LogP contribution in [0.5, 0.6) is 5.75 Å². The Bertz CT molecular complexity index is 549. The molecule has 1 N–H and O–H groups in total. The fourth-order valence-corrected chi connectivity index (χ4v) is 3.11. The first-order chi connectivity index (χ1) is 9.95. The number of benzene rings is 1. The average molecular weight is 315 g/mol. The molecular weight excluding hydrogens is 294 g/mol. The number of rotatable bonds is 7. The van der Waals surface area contributed by atoms with Crippen LogP contribution >= 0.6 is 0 Å². The Morgan fingerprint density at radius 1 is 1.24 bits per heavy atom. The third-order valence-electron chi connectivity index (χ3n) is 3.21. The van der Waals surface area contributed by atoms with Gasteiger partial charge in [-0.3, -0.25) is 0 Å². The number of sulfonamides is 1. The maximum atomic E-state index is 12.1. The van der Waals surface area contributed by atoms with Crippen LogP contribution in [0.4, 0.5) is 0 Å². The summed E-state index contributed by atoms with van der Waals surface area (Å²) in [7, 11) is -3.53. The molecule has 0 aliphatic carbocycles. The highest BCUT2D eigenvalue weighted by atomic mass is 32.2. The summed E-state index contributed by atoms with van der Waals surface area (Å²) in [6, 6.07) is 6.33. The SMILES string of the molecule is CCOc1ccc(S(=O)(=O)NCCC2(C)OCCO2)cc1. The number of hydrogen-bond acceptors (Lipinski definition) is 5. The molecule has 1 fully saturated rings. The Morgan fingerprint density at radius 2 is 1.86 bits per heavy atom. The van der Waals surface area contributed by atoms with Gasteiger partial charge in [-0.25, -0.2) is 13.1 Å². The highest BCUT2D eigenvalue weighted by molar-refractivity contribution is 7.89. The van der Waals surface area contributed by atoms with Gasteiger partial charge >= 0.3 is 0 Å². The van der Waals surface area contributed by atoms with E-state index in [0.29, 0.717) is 32.0 Å². The maximum absolute atomic E-state index is 12.1. The summed E-state index contributed by atoms with van der Waals surface area (Å²) in [6.07, 6.45) is 0.462. The van der Waals surface area contributed by atoms with E-state index in [4.69, 9.17) is 14.2 Å². The van der Waals surface area contributed by atoms with E-state index in [1.165, 1.54) is 12.1 Å². The summed E-state index contributed by atoms with van der Waals surface area (Å²) >= 11 is 0. The van der Waals surface area contributed by atoms with Gasteiger partial charge in [0.2, 0.25) is 10.0 Å². The highest BCUT2D eigenvalue weighted by Gasteiger charge is 2.30. The molecule has 1 aliphatic rings. The van der Waals surface area contributed by atoms with Crippen molar-refractivity contribution in [2.45, 2.75) is 31.0 Å². The van der Waals surface area contributed by atoms with Crippen molar-refractivity contribution in [3.63, 3.8) is 0 Å². The van der Waals surface area contributed by atoms with Crippen molar-refractivity contribution in [3.05, 3.63) is 24.3 Å². The quantitative estimate of drug-likeness (QED) is 0.826. The van der Waals surface area contributed by atoms with Crippen LogP contribution in [0.2, 0.25) is 0 Å². The van der Waals surface area contributed by atoms with Gasteiger partial charge in [-0.15, -0.1) is 0 Å². The molecule has 1 aliphatic heterocycles. The summed E-state index contributed by atoms with van der Waals surface area (Å²) in [4.78, 5) is 0.212. The molecule has 0 bridgehead atoms. The van der Waals surface area contributed by atoms with Crippen molar-refractivity contribution in [1.29, 1.82) is 0 Å². The largest absolute Gasteiger partial charge is 0.494 e. The van der Waals surface area contributed by atoms with Gasteiger partial charge in [0.1, 0.15) is 5.75 Å². The van der Waals surface area contributed by atoms with Gasteiger partial charge in [-0.05, 0) is 38.1 Å². The predicted octanol–water partition coefficient (Wildman–Crippen LogP) is 1.52. The molecule has 0 radical (unpaired) electrons. The average Bonchev–Trinajstić information content (AvgIpc) is 2.86. The summed E-state index contributed by atoms with van der Waals surface area (Å²) in [6.45, 7) is 5.57. The van der Waals surface area contributed by atoms with Crippen LogP contribution in [0.25, 0.3) is 0 Å². The number of nitrogens with one attached hydrogen (secondary N) is 1. The number of ether oxygens (including phenoxy) is 3. The van der Waals surface area contributed by atoms with Crippen LogP contribution in [-0.2, 0) is 19.5 Å². The van der Waals surface area contributed by atoms with E-state index in [1.807, 2.05) is 13.8 Å². The standard InChI is InChI=1S/C14H21NO5S/c1-3-18-12-4-6-13(7-5-12)21(16,17)15-9-8-14(2)19-10-11-20-14/h4-7,15H,3,8-11H2,1-2H3. The monoisotopic (exact) mass is 315 g/mol. The normalized spacial score (nSPS) is 17.8. The van der Waals surface area contributed by atoms with Gasteiger partial charge in [0.05, 0.1) is 24.7 Å². The van der Waals surface area contributed by atoms with Crippen LogP contribution in [0.3, 0.4) is 0 Å². The molecule has 0 atom stereocenters. The Kier molecular flexibility index (Phi) is 5.21. The van der Waals surface area contributed by atoms with Gasteiger partial charge in [0, 0.05) is 13.0 Å². The van der Waals surface area contributed by atoms with Gasteiger partial charge in [0.15, 0.2) is 5.79 Å². The predicted molar refractivity (Wildman–Crippen MR) is 77.7 cm³/mol. The Balaban J connectivity index is 1.91. The van der Waals surface area contributed by atoms with E-state index >= 15 is 0 Å². The van der Waals surface area contributed by atoms with Crippen molar-refractivity contribution in [1.82, 2.24) is 4.72 Å². The molecule has 1 saturated heterocycles. The summed E-state index contributed by atoms with van der Waals surface area (Å²) in [5.74, 6) is -0.0434. The van der Waals surface area contributed by atoms with E-state index < -0.39 is 15.8 Å². The minimum atomic E-state index is -3.53. The van der Waals surface area contributed by atoms with Crippen molar-refractivity contribution in [2.24, 2.45) is 0 Å². The summed E-state index contributed by atoms with van der Waals surface area (Å²) < 4.78 is 43.0. The molecule has 6 nitrogen and oxygen atoms in total. The van der Waals surface area contributed by atoms with Crippen LogP contribution in [0, 0.1) is 0 Å². The highest BCUT2D eigenvalue weighted by Crippen LogP contribution is 2.22. The second-order valence-corrected chi connectivity index (χ2v) is 6.65. The zero-order valence-corrected chi connectivity index (χ0v) is 13.1. The first-order valence-electron chi connectivity index (χ1n) is 6.96. The fourth-order valence-electron chi connectivity index (χ4n) is 2.08. The third-order valence-corrected chi connectivity index (χ3v) is 4.69. The lowest BCUT2D eigenvalue weighted by Crippen LogP contribution is -2.33.